The van der Waals surface area contributed by atoms with Gasteiger partial charge in [0.25, 0.3) is 0 Å². The third-order valence-electron chi connectivity index (χ3n) is 4.58. The molecule has 0 atom stereocenters. The molecule has 0 spiro atoms. The van der Waals surface area contributed by atoms with Crippen molar-refractivity contribution >= 4 is 11.9 Å². The van der Waals surface area contributed by atoms with Crippen LogP contribution in [0.15, 0.2) is 18.2 Å². The Morgan fingerprint density at radius 3 is 2.28 bits per heavy atom. The van der Waals surface area contributed by atoms with Crippen molar-refractivity contribution in [2.75, 3.05) is 34.0 Å². The SMILES string of the molecule is COc1cc(CCC(=O)NCC2(C(=O)O)CCOCC2)cc(OC)c1. The first-order valence-electron chi connectivity index (χ1n) is 8.29. The summed E-state index contributed by atoms with van der Waals surface area (Å²) in [4.78, 5) is 23.7. The maximum Gasteiger partial charge on any atom is 0.311 e. The van der Waals surface area contributed by atoms with Gasteiger partial charge in [0.1, 0.15) is 11.5 Å². The Labute approximate surface area is 147 Å². The Morgan fingerprint density at radius 2 is 1.76 bits per heavy atom. The molecule has 1 saturated heterocycles. The Kier molecular flexibility index (Phi) is 6.64. The number of aliphatic carboxylic acids is 1. The summed E-state index contributed by atoms with van der Waals surface area (Å²) >= 11 is 0. The van der Waals surface area contributed by atoms with Crippen molar-refractivity contribution in [3.8, 4) is 11.5 Å². The summed E-state index contributed by atoms with van der Waals surface area (Å²) in [5.74, 6) is 0.283. The van der Waals surface area contributed by atoms with Crippen LogP contribution in [0, 0.1) is 5.41 Å². The highest BCUT2D eigenvalue weighted by Gasteiger charge is 2.40. The van der Waals surface area contributed by atoms with E-state index in [1.165, 1.54) is 0 Å². The highest BCUT2D eigenvalue weighted by atomic mass is 16.5. The second-order valence-electron chi connectivity index (χ2n) is 6.20. The first-order chi connectivity index (χ1) is 12.0. The fourth-order valence-corrected chi connectivity index (χ4v) is 2.85. The van der Waals surface area contributed by atoms with Crippen LogP contribution in [-0.4, -0.2) is 51.0 Å². The molecule has 138 valence electrons. The number of carboxylic acid groups (broad SMARTS) is 1. The molecule has 2 rings (SSSR count). The monoisotopic (exact) mass is 351 g/mol. The van der Waals surface area contributed by atoms with Gasteiger partial charge in [-0.15, -0.1) is 0 Å². The second-order valence-corrected chi connectivity index (χ2v) is 6.20. The predicted molar refractivity (Wildman–Crippen MR) is 91.0 cm³/mol. The number of aryl methyl sites for hydroxylation is 1. The third kappa shape index (κ3) is 5.09. The van der Waals surface area contributed by atoms with E-state index >= 15 is 0 Å². The third-order valence-corrected chi connectivity index (χ3v) is 4.58. The lowest BCUT2D eigenvalue weighted by atomic mass is 9.80. The Bertz CT molecular complexity index is 587. The van der Waals surface area contributed by atoms with Gasteiger partial charge in [-0.25, -0.2) is 0 Å². The van der Waals surface area contributed by atoms with Crippen molar-refractivity contribution in [1.29, 1.82) is 0 Å². The molecule has 1 aliphatic rings. The number of benzene rings is 1. The number of nitrogens with one attached hydrogen (secondary N) is 1. The molecular weight excluding hydrogens is 326 g/mol. The summed E-state index contributed by atoms with van der Waals surface area (Å²) < 4.78 is 15.7. The predicted octanol–water partition coefficient (Wildman–Crippen LogP) is 1.63. The van der Waals surface area contributed by atoms with E-state index in [4.69, 9.17) is 14.2 Å². The van der Waals surface area contributed by atoms with Crippen LogP contribution in [0.4, 0.5) is 0 Å². The molecule has 1 aromatic carbocycles. The van der Waals surface area contributed by atoms with E-state index in [1.807, 2.05) is 12.1 Å². The summed E-state index contributed by atoms with van der Waals surface area (Å²) in [5, 5.41) is 12.3. The Morgan fingerprint density at radius 1 is 1.16 bits per heavy atom. The molecule has 1 amide bonds. The number of rotatable bonds is 8. The standard InChI is InChI=1S/C18H25NO6/c1-23-14-9-13(10-15(11-14)24-2)3-4-16(20)19-12-18(17(21)22)5-7-25-8-6-18/h9-11H,3-8,12H2,1-2H3,(H,19,20)(H,21,22). The molecule has 0 unspecified atom stereocenters. The molecule has 2 N–H and O–H groups in total. The number of carbonyl (C=O) groups excluding carboxylic acids is 1. The molecule has 0 aromatic heterocycles. The zero-order chi connectivity index (χ0) is 18.3. The number of carboxylic acids is 1. The topological polar surface area (TPSA) is 94.1 Å². The van der Waals surface area contributed by atoms with Crippen molar-refractivity contribution in [2.45, 2.75) is 25.7 Å². The van der Waals surface area contributed by atoms with Gasteiger partial charge in [-0.2, -0.15) is 0 Å². The lowest BCUT2D eigenvalue weighted by Gasteiger charge is -2.33. The molecular formula is C18H25NO6. The van der Waals surface area contributed by atoms with Gasteiger partial charge in [0, 0.05) is 32.2 Å². The van der Waals surface area contributed by atoms with Crippen molar-refractivity contribution in [1.82, 2.24) is 5.32 Å². The average Bonchev–Trinajstić information content (AvgIpc) is 2.64. The number of carbonyl (C=O) groups is 2. The Hall–Kier alpha value is -2.28. The molecule has 1 aromatic rings. The maximum absolute atomic E-state index is 12.1. The molecule has 0 aliphatic carbocycles. The van der Waals surface area contributed by atoms with E-state index in [1.54, 1.807) is 20.3 Å². The van der Waals surface area contributed by atoms with Gasteiger partial charge < -0.3 is 24.6 Å². The normalized spacial score (nSPS) is 16.1. The van der Waals surface area contributed by atoms with Crippen LogP contribution in [0.2, 0.25) is 0 Å². The van der Waals surface area contributed by atoms with E-state index in [-0.39, 0.29) is 18.9 Å². The minimum atomic E-state index is -0.924. The van der Waals surface area contributed by atoms with Crippen LogP contribution in [0.1, 0.15) is 24.8 Å². The number of amides is 1. The van der Waals surface area contributed by atoms with Crippen molar-refractivity contribution < 1.29 is 28.9 Å². The van der Waals surface area contributed by atoms with E-state index in [0.29, 0.717) is 44.0 Å². The summed E-state index contributed by atoms with van der Waals surface area (Å²) in [6.45, 7) is 0.948. The van der Waals surface area contributed by atoms with Gasteiger partial charge in [-0.3, -0.25) is 9.59 Å². The van der Waals surface area contributed by atoms with Crippen LogP contribution in [-0.2, 0) is 20.7 Å². The van der Waals surface area contributed by atoms with Crippen LogP contribution >= 0.6 is 0 Å². The van der Waals surface area contributed by atoms with E-state index in [9.17, 15) is 14.7 Å². The zero-order valence-corrected chi connectivity index (χ0v) is 14.7. The summed E-state index contributed by atoms with van der Waals surface area (Å²) in [6, 6.07) is 5.48. The molecule has 0 saturated carbocycles. The van der Waals surface area contributed by atoms with Crippen molar-refractivity contribution in [3.63, 3.8) is 0 Å². The average molecular weight is 351 g/mol. The first kappa shape index (κ1) is 19.1. The van der Waals surface area contributed by atoms with Crippen LogP contribution in [0.25, 0.3) is 0 Å². The summed E-state index contributed by atoms with van der Waals surface area (Å²) in [6.07, 6.45) is 1.61. The fraction of sp³-hybridized carbons (Fsp3) is 0.556. The van der Waals surface area contributed by atoms with E-state index in [2.05, 4.69) is 5.32 Å². The molecule has 0 radical (unpaired) electrons. The van der Waals surface area contributed by atoms with Crippen LogP contribution < -0.4 is 14.8 Å². The molecule has 7 heteroatoms. The van der Waals surface area contributed by atoms with E-state index < -0.39 is 11.4 Å². The number of ether oxygens (including phenoxy) is 3. The van der Waals surface area contributed by atoms with Crippen LogP contribution in [0.3, 0.4) is 0 Å². The van der Waals surface area contributed by atoms with Gasteiger partial charge in [-0.1, -0.05) is 0 Å². The zero-order valence-electron chi connectivity index (χ0n) is 14.7. The summed E-state index contributed by atoms with van der Waals surface area (Å²) in [5.41, 5.74) is -0.00188. The maximum atomic E-state index is 12.1. The number of hydrogen-bond acceptors (Lipinski definition) is 5. The van der Waals surface area contributed by atoms with Gasteiger partial charge in [0.05, 0.1) is 19.6 Å². The number of hydrogen-bond donors (Lipinski definition) is 2. The van der Waals surface area contributed by atoms with Gasteiger partial charge >= 0.3 is 5.97 Å². The van der Waals surface area contributed by atoms with Crippen LogP contribution in [0.5, 0.6) is 11.5 Å². The summed E-state index contributed by atoms with van der Waals surface area (Å²) in [7, 11) is 3.15. The lowest BCUT2D eigenvalue weighted by molar-refractivity contribution is -0.154. The van der Waals surface area contributed by atoms with Crippen molar-refractivity contribution in [3.05, 3.63) is 23.8 Å². The molecule has 1 fully saturated rings. The largest absolute Gasteiger partial charge is 0.497 e. The minimum absolute atomic E-state index is 0.131. The molecule has 0 bridgehead atoms. The van der Waals surface area contributed by atoms with Gasteiger partial charge in [0.2, 0.25) is 5.91 Å². The Balaban J connectivity index is 1.89. The molecule has 25 heavy (non-hydrogen) atoms. The minimum Gasteiger partial charge on any atom is -0.497 e. The van der Waals surface area contributed by atoms with Gasteiger partial charge in [0.15, 0.2) is 0 Å². The molecule has 1 heterocycles. The van der Waals surface area contributed by atoms with Gasteiger partial charge in [-0.05, 0) is 37.0 Å². The highest BCUT2D eigenvalue weighted by molar-refractivity contribution is 5.79. The quantitative estimate of drug-likeness (QED) is 0.739. The number of methoxy groups -OCH3 is 2. The highest BCUT2D eigenvalue weighted by Crippen LogP contribution is 2.30. The van der Waals surface area contributed by atoms with E-state index in [0.717, 1.165) is 5.56 Å². The molecule has 7 nitrogen and oxygen atoms in total. The van der Waals surface area contributed by atoms with Crippen molar-refractivity contribution in [2.24, 2.45) is 5.41 Å². The fourth-order valence-electron chi connectivity index (χ4n) is 2.85. The lowest BCUT2D eigenvalue weighted by Crippen LogP contribution is -2.46. The smallest absolute Gasteiger partial charge is 0.311 e. The molecule has 1 aliphatic heterocycles. The first-order valence-corrected chi connectivity index (χ1v) is 8.29. The second kappa shape index (κ2) is 8.71.